The third-order valence-electron chi connectivity index (χ3n) is 2.57. The number of hydrogen-bond acceptors (Lipinski definition) is 0. The molecular formula is C15H22. The first-order chi connectivity index (χ1) is 7.43. The van der Waals surface area contributed by atoms with Gasteiger partial charge in [-0.25, -0.2) is 0 Å². The van der Waals surface area contributed by atoms with Crippen molar-refractivity contribution < 1.29 is 0 Å². The molecule has 1 aromatic carbocycles. The van der Waals surface area contributed by atoms with E-state index in [9.17, 15) is 0 Å². The van der Waals surface area contributed by atoms with Crippen molar-refractivity contribution in [3.63, 3.8) is 0 Å². The van der Waals surface area contributed by atoms with Crippen LogP contribution in [0.25, 0.3) is 0 Å². The molecule has 0 aliphatic heterocycles. The van der Waals surface area contributed by atoms with Crippen LogP contribution in [-0.4, -0.2) is 0 Å². The van der Waals surface area contributed by atoms with Gasteiger partial charge < -0.3 is 0 Å². The van der Waals surface area contributed by atoms with Crippen molar-refractivity contribution in [2.75, 3.05) is 0 Å². The van der Waals surface area contributed by atoms with Crippen molar-refractivity contribution in [3.8, 4) is 0 Å². The van der Waals surface area contributed by atoms with Crippen LogP contribution in [0.2, 0.25) is 0 Å². The van der Waals surface area contributed by atoms with Crippen molar-refractivity contribution in [2.24, 2.45) is 0 Å². The summed E-state index contributed by atoms with van der Waals surface area (Å²) in [6.45, 7) is 2.24. The summed E-state index contributed by atoms with van der Waals surface area (Å²) in [6.07, 6.45) is 12.2. The van der Waals surface area contributed by atoms with Crippen molar-refractivity contribution in [1.82, 2.24) is 0 Å². The van der Waals surface area contributed by atoms with E-state index >= 15 is 0 Å². The molecule has 0 heteroatoms. The van der Waals surface area contributed by atoms with E-state index in [1.54, 1.807) is 0 Å². The maximum Gasteiger partial charge on any atom is -0.0276 e. The molecule has 15 heavy (non-hydrogen) atoms. The highest BCUT2D eigenvalue weighted by molar-refractivity contribution is 5.14. The van der Waals surface area contributed by atoms with Crippen LogP contribution in [-0.2, 0) is 6.42 Å². The normalized spacial score (nSPS) is 11.0. The minimum atomic E-state index is 1.21. The molecule has 82 valence electrons. The first-order valence-electron chi connectivity index (χ1n) is 6.12. The number of aryl methyl sites for hydroxylation is 1. The molecule has 0 atom stereocenters. The topological polar surface area (TPSA) is 0 Å². The lowest BCUT2D eigenvalue weighted by molar-refractivity contribution is 0.802. The highest BCUT2D eigenvalue weighted by atomic mass is 13.9. The van der Waals surface area contributed by atoms with Gasteiger partial charge in [-0.05, 0) is 31.2 Å². The van der Waals surface area contributed by atoms with Gasteiger partial charge in [-0.15, -0.1) is 0 Å². The van der Waals surface area contributed by atoms with E-state index in [2.05, 4.69) is 49.4 Å². The van der Waals surface area contributed by atoms with Gasteiger partial charge in [0, 0.05) is 0 Å². The maximum absolute atomic E-state index is 2.33. The van der Waals surface area contributed by atoms with Crippen LogP contribution in [0.15, 0.2) is 42.5 Å². The number of benzene rings is 1. The molecule has 0 fully saturated rings. The van der Waals surface area contributed by atoms with E-state index in [0.29, 0.717) is 0 Å². The Bertz CT molecular complexity index is 259. The molecule has 0 bridgehead atoms. The van der Waals surface area contributed by atoms with Crippen LogP contribution < -0.4 is 0 Å². The number of unbranched alkanes of at least 4 members (excludes halogenated alkanes) is 3. The summed E-state index contributed by atoms with van der Waals surface area (Å²) in [7, 11) is 0. The largest absolute Gasteiger partial charge is 0.0885 e. The van der Waals surface area contributed by atoms with Gasteiger partial charge in [0.15, 0.2) is 0 Å². The minimum absolute atomic E-state index is 1.21. The van der Waals surface area contributed by atoms with E-state index in [1.807, 2.05) is 0 Å². The SMILES string of the molecule is CCCC/C=C/CCCc1ccccc1. The van der Waals surface area contributed by atoms with Gasteiger partial charge >= 0.3 is 0 Å². The van der Waals surface area contributed by atoms with Gasteiger partial charge in [0.2, 0.25) is 0 Å². The lowest BCUT2D eigenvalue weighted by Gasteiger charge is -1.98. The zero-order valence-electron chi connectivity index (χ0n) is 9.78. The molecule has 0 unspecified atom stereocenters. The molecule has 0 amide bonds. The molecule has 1 aromatic rings. The molecule has 0 radical (unpaired) electrons. The Labute approximate surface area is 94.0 Å². The molecule has 0 aromatic heterocycles. The Morgan fingerprint density at radius 3 is 2.27 bits per heavy atom. The summed E-state index contributed by atoms with van der Waals surface area (Å²) in [6, 6.07) is 10.7. The molecule has 0 saturated carbocycles. The molecule has 0 aliphatic carbocycles. The molecule has 0 nitrogen and oxygen atoms in total. The predicted octanol–water partition coefficient (Wildman–Crippen LogP) is 4.76. The molecule has 0 spiro atoms. The smallest absolute Gasteiger partial charge is 0.0276 e. The van der Waals surface area contributed by atoms with Gasteiger partial charge in [-0.3, -0.25) is 0 Å². The summed E-state index contributed by atoms with van der Waals surface area (Å²) in [5.41, 5.74) is 1.46. The third-order valence-corrected chi connectivity index (χ3v) is 2.57. The second-order valence-electron chi connectivity index (χ2n) is 3.99. The fourth-order valence-electron chi connectivity index (χ4n) is 1.63. The molecular weight excluding hydrogens is 180 g/mol. The van der Waals surface area contributed by atoms with E-state index < -0.39 is 0 Å². The van der Waals surface area contributed by atoms with Crippen LogP contribution in [0.5, 0.6) is 0 Å². The second-order valence-corrected chi connectivity index (χ2v) is 3.99. The van der Waals surface area contributed by atoms with Gasteiger partial charge in [-0.2, -0.15) is 0 Å². The lowest BCUT2D eigenvalue weighted by atomic mass is 10.1. The van der Waals surface area contributed by atoms with Gasteiger partial charge in [-0.1, -0.05) is 62.2 Å². The van der Waals surface area contributed by atoms with Crippen LogP contribution in [0, 0.1) is 0 Å². The minimum Gasteiger partial charge on any atom is -0.0885 e. The van der Waals surface area contributed by atoms with Crippen molar-refractivity contribution in [2.45, 2.75) is 45.4 Å². The van der Waals surface area contributed by atoms with Crippen LogP contribution in [0.1, 0.15) is 44.6 Å². The Kier molecular flexibility index (Phi) is 6.64. The first kappa shape index (κ1) is 12.0. The van der Waals surface area contributed by atoms with E-state index in [-0.39, 0.29) is 0 Å². The highest BCUT2D eigenvalue weighted by Crippen LogP contribution is 2.05. The number of hydrogen-bond donors (Lipinski definition) is 0. The van der Waals surface area contributed by atoms with E-state index in [0.717, 1.165) is 0 Å². The second kappa shape index (κ2) is 8.28. The van der Waals surface area contributed by atoms with Crippen molar-refractivity contribution >= 4 is 0 Å². The van der Waals surface area contributed by atoms with E-state index in [1.165, 1.54) is 44.1 Å². The van der Waals surface area contributed by atoms with Gasteiger partial charge in [0.25, 0.3) is 0 Å². The van der Waals surface area contributed by atoms with Gasteiger partial charge in [0.05, 0.1) is 0 Å². The van der Waals surface area contributed by atoms with Crippen LogP contribution in [0.4, 0.5) is 0 Å². The Hall–Kier alpha value is -1.04. The third kappa shape index (κ3) is 6.11. The summed E-state index contributed by atoms with van der Waals surface area (Å²) < 4.78 is 0. The summed E-state index contributed by atoms with van der Waals surface area (Å²) in [5.74, 6) is 0. The summed E-state index contributed by atoms with van der Waals surface area (Å²) in [5, 5.41) is 0. The quantitative estimate of drug-likeness (QED) is 0.442. The van der Waals surface area contributed by atoms with Gasteiger partial charge in [0.1, 0.15) is 0 Å². The maximum atomic E-state index is 2.33. The summed E-state index contributed by atoms with van der Waals surface area (Å²) in [4.78, 5) is 0. The zero-order valence-corrected chi connectivity index (χ0v) is 9.78. The molecule has 0 heterocycles. The summed E-state index contributed by atoms with van der Waals surface area (Å²) >= 11 is 0. The fraction of sp³-hybridized carbons (Fsp3) is 0.467. The zero-order chi connectivity index (χ0) is 10.8. The average molecular weight is 202 g/mol. The molecule has 0 saturated heterocycles. The number of rotatable bonds is 7. The first-order valence-corrected chi connectivity index (χ1v) is 6.12. The molecule has 0 N–H and O–H groups in total. The molecule has 0 aliphatic rings. The van der Waals surface area contributed by atoms with Crippen molar-refractivity contribution in [1.29, 1.82) is 0 Å². The lowest BCUT2D eigenvalue weighted by Crippen LogP contribution is -1.82. The fourth-order valence-corrected chi connectivity index (χ4v) is 1.63. The van der Waals surface area contributed by atoms with Crippen molar-refractivity contribution in [3.05, 3.63) is 48.0 Å². The Morgan fingerprint density at radius 2 is 1.60 bits per heavy atom. The highest BCUT2D eigenvalue weighted by Gasteiger charge is 1.89. The van der Waals surface area contributed by atoms with Crippen LogP contribution >= 0.6 is 0 Å². The number of allylic oxidation sites excluding steroid dienone is 2. The Morgan fingerprint density at radius 1 is 0.933 bits per heavy atom. The Balaban J connectivity index is 2.04. The van der Waals surface area contributed by atoms with Crippen LogP contribution in [0.3, 0.4) is 0 Å². The predicted molar refractivity (Wildman–Crippen MR) is 68.0 cm³/mol. The molecule has 1 rings (SSSR count). The average Bonchev–Trinajstić information content (AvgIpc) is 2.29. The monoisotopic (exact) mass is 202 g/mol. The standard InChI is InChI=1S/C15H22/c1-2-3-4-5-6-7-9-12-15-13-10-8-11-14-15/h5-6,8,10-11,13-14H,2-4,7,9,12H2,1H3/b6-5+. The van der Waals surface area contributed by atoms with E-state index in [4.69, 9.17) is 0 Å².